The first-order chi connectivity index (χ1) is 20.4. The number of carbonyl (C=O) groups excluding carboxylic acids is 2. The van der Waals surface area contributed by atoms with Gasteiger partial charge >= 0.3 is 0 Å². The van der Waals surface area contributed by atoms with Crippen molar-refractivity contribution in [2.75, 3.05) is 41.5 Å². The van der Waals surface area contributed by atoms with Gasteiger partial charge in [-0.2, -0.15) is 0 Å². The van der Waals surface area contributed by atoms with Crippen molar-refractivity contribution >= 4 is 11.8 Å². The van der Waals surface area contributed by atoms with Crippen LogP contribution in [-0.4, -0.2) is 113 Å². The number of ether oxygens (including phenoxy) is 5. The van der Waals surface area contributed by atoms with E-state index in [4.69, 9.17) is 23.7 Å². The molecule has 238 valence electrons. The van der Waals surface area contributed by atoms with Crippen LogP contribution in [0.5, 0.6) is 0 Å². The topological polar surface area (TPSA) is 108 Å². The second kappa shape index (κ2) is 13.0. The van der Waals surface area contributed by atoms with Gasteiger partial charge in [0.1, 0.15) is 6.10 Å². The molecule has 0 aromatic heterocycles. The standard InChI is InChI=1S/C32H53N3O7/c1-17(31(36)34-16-18-6-7-19(38-2)15-26(18)40-4)42-20-8-10-24-23(14-20)21-12-13-33-28-22-9-11-25(39-3)30(41-5)27(22)32(37)35(24)29(21)28/h17-30,33H,6-16H2,1-5H3,(H,34,36). The molecule has 3 aliphatic heterocycles. The molecular weight excluding hydrogens is 538 g/mol. The van der Waals surface area contributed by atoms with Gasteiger partial charge in [-0.05, 0) is 82.6 Å². The first-order valence-corrected chi connectivity index (χ1v) is 16.5. The summed E-state index contributed by atoms with van der Waals surface area (Å²) < 4.78 is 29.4. The molecule has 3 saturated carbocycles. The molecule has 0 aromatic carbocycles. The lowest BCUT2D eigenvalue weighted by Gasteiger charge is -2.55. The van der Waals surface area contributed by atoms with Crippen molar-refractivity contribution in [3.05, 3.63) is 0 Å². The van der Waals surface area contributed by atoms with Crippen LogP contribution in [0, 0.1) is 29.6 Å². The smallest absolute Gasteiger partial charge is 0.248 e. The number of piperidine rings is 2. The molecule has 2 N–H and O–H groups in total. The molecule has 3 heterocycles. The lowest BCUT2D eigenvalue weighted by Crippen LogP contribution is -2.70. The Labute approximate surface area is 251 Å². The van der Waals surface area contributed by atoms with Gasteiger partial charge in [-0.15, -0.1) is 0 Å². The zero-order chi connectivity index (χ0) is 29.5. The molecule has 6 fully saturated rings. The number of fused-ring (bicyclic) bond motifs is 5. The van der Waals surface area contributed by atoms with Crippen LogP contribution in [0.2, 0.25) is 0 Å². The molecule has 42 heavy (non-hydrogen) atoms. The van der Waals surface area contributed by atoms with Crippen LogP contribution >= 0.6 is 0 Å². The first-order valence-electron chi connectivity index (χ1n) is 16.5. The van der Waals surface area contributed by atoms with Crippen molar-refractivity contribution in [1.29, 1.82) is 0 Å². The van der Waals surface area contributed by atoms with E-state index in [1.807, 2.05) is 6.92 Å². The molecular formula is C32H53N3O7. The van der Waals surface area contributed by atoms with Gasteiger partial charge < -0.3 is 39.2 Å². The zero-order valence-electron chi connectivity index (χ0n) is 26.2. The highest BCUT2D eigenvalue weighted by molar-refractivity contribution is 5.83. The molecule has 2 amide bonds. The molecule has 0 aromatic rings. The van der Waals surface area contributed by atoms with Crippen molar-refractivity contribution in [2.24, 2.45) is 29.6 Å². The summed E-state index contributed by atoms with van der Waals surface area (Å²) in [5.41, 5.74) is 0. The fourth-order valence-corrected chi connectivity index (χ4v) is 10.1. The molecule has 3 aliphatic carbocycles. The SMILES string of the molecule is COC1CCC(CNC(=O)C(C)OC2CCC3C(C2)C2CCNC4C5CCC(OC)C(OC)C5C(=O)N3C24)C(OC)C1. The van der Waals surface area contributed by atoms with Crippen molar-refractivity contribution in [3.63, 3.8) is 0 Å². The predicted molar refractivity (Wildman–Crippen MR) is 156 cm³/mol. The van der Waals surface area contributed by atoms with Gasteiger partial charge in [0.25, 0.3) is 0 Å². The summed E-state index contributed by atoms with van der Waals surface area (Å²) in [7, 11) is 6.96. The Hall–Kier alpha value is -1.30. The molecule has 14 unspecified atom stereocenters. The van der Waals surface area contributed by atoms with E-state index < -0.39 is 6.10 Å². The summed E-state index contributed by atoms with van der Waals surface area (Å²) in [4.78, 5) is 29.6. The van der Waals surface area contributed by atoms with E-state index in [0.717, 1.165) is 64.3 Å². The minimum absolute atomic E-state index is 0.0347. The highest BCUT2D eigenvalue weighted by Crippen LogP contribution is 2.54. The maximum atomic E-state index is 14.3. The summed E-state index contributed by atoms with van der Waals surface area (Å²) in [6.45, 7) is 3.46. The maximum Gasteiger partial charge on any atom is 0.248 e. The summed E-state index contributed by atoms with van der Waals surface area (Å²) in [6, 6.07) is 0.806. The number of carbonyl (C=O) groups is 2. The fourth-order valence-electron chi connectivity index (χ4n) is 10.1. The molecule has 0 radical (unpaired) electrons. The summed E-state index contributed by atoms with van der Waals surface area (Å²) in [6.07, 6.45) is 8.18. The monoisotopic (exact) mass is 591 g/mol. The summed E-state index contributed by atoms with van der Waals surface area (Å²) in [5.74, 6) is 1.54. The highest BCUT2D eigenvalue weighted by Gasteiger charge is 2.64. The van der Waals surface area contributed by atoms with Crippen molar-refractivity contribution in [3.8, 4) is 0 Å². The van der Waals surface area contributed by atoms with E-state index in [-0.39, 0.29) is 72.2 Å². The Balaban J connectivity index is 1.08. The number of nitrogens with zero attached hydrogens (tertiary/aromatic N) is 1. The molecule has 10 nitrogen and oxygen atoms in total. The van der Waals surface area contributed by atoms with Crippen LogP contribution in [0.25, 0.3) is 0 Å². The van der Waals surface area contributed by atoms with Gasteiger partial charge in [0.05, 0.1) is 42.5 Å². The normalized spacial score (nSPS) is 45.5. The molecule has 0 spiro atoms. The minimum Gasteiger partial charge on any atom is -0.381 e. The largest absolute Gasteiger partial charge is 0.381 e. The van der Waals surface area contributed by atoms with Crippen molar-refractivity contribution in [2.45, 2.75) is 119 Å². The van der Waals surface area contributed by atoms with E-state index in [2.05, 4.69) is 15.5 Å². The van der Waals surface area contributed by atoms with E-state index >= 15 is 0 Å². The molecule has 14 atom stereocenters. The Kier molecular flexibility index (Phi) is 9.49. The Morgan fingerprint density at radius 3 is 2.40 bits per heavy atom. The Morgan fingerprint density at radius 2 is 1.67 bits per heavy atom. The number of rotatable bonds is 9. The van der Waals surface area contributed by atoms with Crippen LogP contribution in [0.3, 0.4) is 0 Å². The van der Waals surface area contributed by atoms with Crippen LogP contribution in [0.15, 0.2) is 0 Å². The van der Waals surface area contributed by atoms with Gasteiger partial charge in [0.15, 0.2) is 0 Å². The van der Waals surface area contributed by atoms with E-state index in [1.54, 1.807) is 28.4 Å². The Bertz CT molecular complexity index is 968. The first kappa shape index (κ1) is 30.7. The molecule has 0 bridgehead atoms. The fraction of sp³-hybridized carbons (Fsp3) is 0.938. The maximum absolute atomic E-state index is 14.3. The third-order valence-corrected chi connectivity index (χ3v) is 12.1. The number of hydrogen-bond donors (Lipinski definition) is 2. The molecule has 6 aliphatic rings. The number of amides is 2. The minimum atomic E-state index is -0.509. The number of nitrogens with one attached hydrogen (secondary N) is 2. The zero-order valence-corrected chi connectivity index (χ0v) is 26.2. The highest BCUT2D eigenvalue weighted by atomic mass is 16.5. The van der Waals surface area contributed by atoms with Gasteiger partial charge in [0.2, 0.25) is 11.8 Å². The van der Waals surface area contributed by atoms with Gasteiger partial charge in [0, 0.05) is 59.4 Å². The van der Waals surface area contributed by atoms with E-state index in [9.17, 15) is 9.59 Å². The second-order valence-electron chi connectivity index (χ2n) is 13.8. The second-order valence-corrected chi connectivity index (χ2v) is 13.8. The lowest BCUT2D eigenvalue weighted by atomic mass is 9.64. The van der Waals surface area contributed by atoms with Crippen LogP contribution in [-0.2, 0) is 33.3 Å². The number of hydrogen-bond acceptors (Lipinski definition) is 8. The quantitative estimate of drug-likeness (QED) is 0.420. The van der Waals surface area contributed by atoms with Crippen molar-refractivity contribution in [1.82, 2.24) is 15.5 Å². The Morgan fingerprint density at radius 1 is 0.881 bits per heavy atom. The van der Waals surface area contributed by atoms with Crippen LogP contribution < -0.4 is 10.6 Å². The van der Waals surface area contributed by atoms with Crippen LogP contribution in [0.1, 0.15) is 64.7 Å². The van der Waals surface area contributed by atoms with Gasteiger partial charge in [-0.3, -0.25) is 9.59 Å². The lowest BCUT2D eigenvalue weighted by molar-refractivity contribution is -0.175. The summed E-state index contributed by atoms with van der Waals surface area (Å²) in [5, 5.41) is 7.00. The third kappa shape index (κ3) is 5.42. The molecule has 6 rings (SSSR count). The van der Waals surface area contributed by atoms with E-state index in [1.165, 1.54) is 0 Å². The number of methoxy groups -OCH3 is 4. The van der Waals surface area contributed by atoms with Crippen LogP contribution in [0.4, 0.5) is 0 Å². The van der Waals surface area contributed by atoms with Gasteiger partial charge in [-0.1, -0.05) is 0 Å². The molecule has 3 saturated heterocycles. The third-order valence-electron chi connectivity index (χ3n) is 12.1. The van der Waals surface area contributed by atoms with E-state index in [0.29, 0.717) is 24.4 Å². The van der Waals surface area contributed by atoms with Gasteiger partial charge in [-0.25, -0.2) is 0 Å². The average Bonchev–Trinajstić information content (AvgIpc) is 3.36. The summed E-state index contributed by atoms with van der Waals surface area (Å²) >= 11 is 0. The average molecular weight is 592 g/mol. The predicted octanol–water partition coefficient (Wildman–Crippen LogP) is 2.13. The van der Waals surface area contributed by atoms with Crippen molar-refractivity contribution < 1.29 is 33.3 Å². The molecule has 10 heteroatoms.